The van der Waals surface area contributed by atoms with Crippen LogP contribution < -0.4 is 0 Å². The summed E-state index contributed by atoms with van der Waals surface area (Å²) in [5.74, 6) is 1.33. The third kappa shape index (κ3) is 2.57. The number of hydrogen-bond donors (Lipinski definition) is 0. The lowest BCUT2D eigenvalue weighted by atomic mass is 9.58. The van der Waals surface area contributed by atoms with E-state index >= 15 is 0 Å². The fourth-order valence-corrected chi connectivity index (χ4v) is 4.54. The summed E-state index contributed by atoms with van der Waals surface area (Å²) >= 11 is 0. The molecule has 0 spiro atoms. The Morgan fingerprint density at radius 2 is 1.96 bits per heavy atom. The van der Waals surface area contributed by atoms with Crippen LogP contribution in [0.5, 0.6) is 0 Å². The van der Waals surface area contributed by atoms with Crippen molar-refractivity contribution in [1.82, 2.24) is 0 Å². The fraction of sp³-hybridized carbons (Fsp3) is 0.571. The van der Waals surface area contributed by atoms with Gasteiger partial charge in [0.25, 0.3) is 0 Å². The van der Waals surface area contributed by atoms with Gasteiger partial charge in [-0.05, 0) is 37.7 Å². The highest BCUT2D eigenvalue weighted by Gasteiger charge is 2.60. The number of benzene rings is 1. The molecule has 5 atom stereocenters. The Labute approximate surface area is 139 Å². The lowest BCUT2D eigenvalue weighted by molar-refractivity contribution is -0.136. The van der Waals surface area contributed by atoms with Gasteiger partial charge in [-0.3, -0.25) is 4.79 Å². The zero-order valence-electron chi connectivity index (χ0n) is 14.7. The monoisotopic (exact) mass is 312 g/mol. The number of carbonyl (C=O) groups excluding carboxylic acids is 1. The van der Waals surface area contributed by atoms with E-state index in [-0.39, 0.29) is 18.1 Å². The number of allylic oxidation sites excluding steroid dienone is 1. The number of fused-ring (bicyclic) bond motifs is 1. The zero-order chi connectivity index (χ0) is 16.8. The Bertz CT molecular complexity index is 604. The molecule has 23 heavy (non-hydrogen) atoms. The molecule has 1 aliphatic carbocycles. The molecule has 2 aliphatic rings. The molecular formula is C21H28O2. The molecule has 1 aromatic rings. The van der Waals surface area contributed by atoms with Crippen molar-refractivity contribution in [3.63, 3.8) is 0 Å². The second-order valence-electron chi connectivity index (χ2n) is 7.93. The average molecular weight is 312 g/mol. The highest BCUT2D eigenvalue weighted by Crippen LogP contribution is 2.59. The third-order valence-electron chi connectivity index (χ3n) is 6.03. The summed E-state index contributed by atoms with van der Waals surface area (Å²) < 4.78 is 6.51. The van der Waals surface area contributed by atoms with Gasteiger partial charge >= 0.3 is 0 Å². The minimum Gasteiger partial charge on any atom is -0.369 e. The largest absolute Gasteiger partial charge is 0.369 e. The van der Waals surface area contributed by atoms with E-state index in [2.05, 4.69) is 46.4 Å². The number of rotatable bonds is 3. The summed E-state index contributed by atoms with van der Waals surface area (Å²) in [5, 5.41) is 0. The average Bonchev–Trinajstić information content (AvgIpc) is 2.83. The van der Waals surface area contributed by atoms with Crippen molar-refractivity contribution in [2.75, 3.05) is 0 Å². The van der Waals surface area contributed by atoms with E-state index in [4.69, 9.17) is 4.74 Å². The van der Waals surface area contributed by atoms with Crippen LogP contribution in [0.2, 0.25) is 0 Å². The number of carbonyl (C=O) groups is 1. The topological polar surface area (TPSA) is 26.3 Å². The number of Topliss-reactive ketones (excluding diaryl/α,β-unsaturated/α-hetero) is 1. The van der Waals surface area contributed by atoms with Crippen LogP contribution in [0.15, 0.2) is 42.5 Å². The summed E-state index contributed by atoms with van der Waals surface area (Å²) in [6.45, 7) is 12.7. The summed E-state index contributed by atoms with van der Waals surface area (Å²) in [7, 11) is 0. The van der Waals surface area contributed by atoms with Crippen molar-refractivity contribution in [2.24, 2.45) is 23.2 Å². The maximum absolute atomic E-state index is 13.1. The van der Waals surface area contributed by atoms with Gasteiger partial charge in [-0.25, -0.2) is 0 Å². The van der Waals surface area contributed by atoms with Crippen molar-refractivity contribution in [3.8, 4) is 0 Å². The summed E-state index contributed by atoms with van der Waals surface area (Å²) in [5.41, 5.74) is 1.85. The number of hydrogen-bond acceptors (Lipinski definition) is 2. The fourth-order valence-electron chi connectivity index (χ4n) is 4.54. The molecule has 0 aromatic heterocycles. The predicted molar refractivity (Wildman–Crippen MR) is 93.0 cm³/mol. The lowest BCUT2D eigenvalue weighted by Crippen LogP contribution is -2.45. The van der Waals surface area contributed by atoms with E-state index in [0.717, 1.165) is 17.6 Å². The first-order valence-electron chi connectivity index (χ1n) is 8.74. The van der Waals surface area contributed by atoms with Crippen LogP contribution in [0.25, 0.3) is 0 Å². The van der Waals surface area contributed by atoms with Crippen LogP contribution in [0.3, 0.4) is 0 Å². The quantitative estimate of drug-likeness (QED) is 0.737. The maximum Gasteiger partial charge on any atom is 0.142 e. The normalized spacial score (nSPS) is 37.0. The van der Waals surface area contributed by atoms with Gasteiger partial charge in [0, 0.05) is 12.3 Å². The molecule has 2 nitrogen and oxygen atoms in total. The molecule has 0 bridgehead atoms. The molecule has 2 fully saturated rings. The molecule has 0 radical (unpaired) electrons. The molecule has 124 valence electrons. The molecule has 1 saturated heterocycles. The van der Waals surface area contributed by atoms with E-state index in [1.807, 2.05) is 18.2 Å². The second kappa shape index (κ2) is 5.90. The summed E-state index contributed by atoms with van der Waals surface area (Å²) in [4.78, 5) is 13.1. The van der Waals surface area contributed by atoms with Crippen molar-refractivity contribution < 1.29 is 9.53 Å². The molecule has 2 heteroatoms. The summed E-state index contributed by atoms with van der Waals surface area (Å²) in [6.07, 6.45) is 1.64. The molecule has 1 aliphatic heterocycles. The Kier molecular flexibility index (Phi) is 4.22. The second-order valence-corrected chi connectivity index (χ2v) is 7.93. The molecule has 0 unspecified atom stereocenters. The van der Waals surface area contributed by atoms with E-state index in [1.165, 1.54) is 0 Å². The van der Waals surface area contributed by atoms with E-state index < -0.39 is 5.41 Å². The van der Waals surface area contributed by atoms with Gasteiger partial charge in [0.15, 0.2) is 0 Å². The Hall–Kier alpha value is -1.41. The first-order valence-corrected chi connectivity index (χ1v) is 8.74. The van der Waals surface area contributed by atoms with Gasteiger partial charge in [0.1, 0.15) is 5.78 Å². The zero-order valence-corrected chi connectivity index (χ0v) is 14.7. The van der Waals surface area contributed by atoms with Gasteiger partial charge in [0.05, 0.1) is 17.6 Å². The first-order chi connectivity index (χ1) is 10.9. The molecular weight excluding hydrogens is 284 g/mol. The Morgan fingerprint density at radius 1 is 1.30 bits per heavy atom. The van der Waals surface area contributed by atoms with Gasteiger partial charge in [-0.1, -0.05) is 56.3 Å². The van der Waals surface area contributed by atoms with Crippen LogP contribution in [0, 0.1) is 23.2 Å². The highest BCUT2D eigenvalue weighted by molar-refractivity contribution is 5.87. The Morgan fingerprint density at radius 3 is 2.52 bits per heavy atom. The number of ketones is 1. The minimum atomic E-state index is -0.414. The molecule has 0 N–H and O–H groups in total. The third-order valence-corrected chi connectivity index (χ3v) is 6.03. The van der Waals surface area contributed by atoms with Gasteiger partial charge in [-0.15, -0.1) is 0 Å². The van der Waals surface area contributed by atoms with Crippen molar-refractivity contribution in [2.45, 2.75) is 52.7 Å². The standard InChI is InChI=1S/C21H28O2/c1-13(2)16-11-17-19(14(3)4)23-20(15-9-7-6-8-10-15)21(17,5)18(22)12-16/h6-10,14,16-17,19-20H,1,11-12H2,2-5H3/t16-,17-,19-,20+,21+/m1/s1. The van der Waals surface area contributed by atoms with Crippen molar-refractivity contribution >= 4 is 5.78 Å². The van der Waals surface area contributed by atoms with Crippen LogP contribution in [0.4, 0.5) is 0 Å². The van der Waals surface area contributed by atoms with E-state index in [9.17, 15) is 4.79 Å². The van der Waals surface area contributed by atoms with E-state index in [0.29, 0.717) is 24.0 Å². The Balaban J connectivity index is 2.03. The predicted octanol–water partition coefficient (Wildman–Crippen LogP) is 4.96. The molecule has 0 amide bonds. The molecule has 1 aromatic carbocycles. The highest BCUT2D eigenvalue weighted by atomic mass is 16.5. The minimum absolute atomic E-state index is 0.125. The first kappa shape index (κ1) is 16.4. The molecule has 1 saturated carbocycles. The van der Waals surface area contributed by atoms with Crippen LogP contribution in [-0.2, 0) is 9.53 Å². The molecule has 3 rings (SSSR count). The SMILES string of the molecule is C=C(C)[C@H]1CC(=O)[C@]2(C)[C@H](C1)[C@@H](C(C)C)O[C@H]2c1ccccc1. The maximum atomic E-state index is 13.1. The van der Waals surface area contributed by atoms with Crippen molar-refractivity contribution in [1.29, 1.82) is 0 Å². The van der Waals surface area contributed by atoms with Crippen LogP contribution >= 0.6 is 0 Å². The summed E-state index contributed by atoms with van der Waals surface area (Å²) in [6, 6.07) is 10.3. The smallest absolute Gasteiger partial charge is 0.142 e. The van der Waals surface area contributed by atoms with Crippen LogP contribution in [0.1, 0.15) is 52.2 Å². The van der Waals surface area contributed by atoms with Gasteiger partial charge in [0.2, 0.25) is 0 Å². The van der Waals surface area contributed by atoms with Gasteiger partial charge < -0.3 is 4.74 Å². The number of ether oxygens (including phenoxy) is 1. The van der Waals surface area contributed by atoms with Crippen molar-refractivity contribution in [3.05, 3.63) is 48.0 Å². The van der Waals surface area contributed by atoms with Crippen LogP contribution in [-0.4, -0.2) is 11.9 Å². The van der Waals surface area contributed by atoms with Gasteiger partial charge in [-0.2, -0.15) is 0 Å². The lowest BCUT2D eigenvalue weighted by Gasteiger charge is -2.42. The van der Waals surface area contributed by atoms with E-state index in [1.54, 1.807) is 0 Å². The molecule has 1 heterocycles.